The number of alkyl halides is 3. The van der Waals surface area contributed by atoms with Crippen LogP contribution in [0.4, 0.5) is 18.3 Å². The van der Waals surface area contributed by atoms with Gasteiger partial charge in [0.15, 0.2) is 5.13 Å². The average molecular weight is 395 g/mol. The van der Waals surface area contributed by atoms with Crippen molar-refractivity contribution in [3.05, 3.63) is 53.3 Å². The Bertz CT molecular complexity index is 1000. The van der Waals surface area contributed by atoms with Gasteiger partial charge in [-0.05, 0) is 37.3 Å². The molecule has 0 aliphatic heterocycles. The molecule has 1 aromatic carbocycles. The van der Waals surface area contributed by atoms with Gasteiger partial charge in [0.25, 0.3) is 5.91 Å². The van der Waals surface area contributed by atoms with Crippen LogP contribution in [0.2, 0.25) is 0 Å². The van der Waals surface area contributed by atoms with Crippen molar-refractivity contribution < 1.29 is 27.5 Å². The zero-order valence-electron chi connectivity index (χ0n) is 13.8. The Hall–Kier alpha value is -3.01. The number of rotatable bonds is 4. The van der Waals surface area contributed by atoms with Crippen LogP contribution in [-0.2, 0) is 10.9 Å². The van der Waals surface area contributed by atoms with Crippen molar-refractivity contribution in [2.45, 2.75) is 13.1 Å². The number of carbonyl (C=O) groups is 2. The van der Waals surface area contributed by atoms with Gasteiger partial charge in [-0.2, -0.15) is 13.2 Å². The number of fused-ring (bicyclic) bond motifs is 1. The van der Waals surface area contributed by atoms with E-state index in [1.165, 1.54) is 0 Å². The highest BCUT2D eigenvalue weighted by atomic mass is 32.1. The first-order valence-electron chi connectivity index (χ1n) is 7.70. The normalized spacial score (nSPS) is 11.4. The van der Waals surface area contributed by atoms with Crippen LogP contribution in [-0.4, -0.2) is 28.5 Å². The fourth-order valence-electron chi connectivity index (χ4n) is 2.18. The first kappa shape index (κ1) is 18.8. The summed E-state index contributed by atoms with van der Waals surface area (Å²) in [5, 5.41) is 2.76. The molecule has 0 saturated carbocycles. The lowest BCUT2D eigenvalue weighted by Crippen LogP contribution is -2.14. The summed E-state index contributed by atoms with van der Waals surface area (Å²) in [6.07, 6.45) is -3.72. The maximum atomic E-state index is 12.5. The second-order valence-electron chi connectivity index (χ2n) is 5.31. The molecular formula is C17H12F3N3O3S. The van der Waals surface area contributed by atoms with Gasteiger partial charge in [-0.25, -0.2) is 9.78 Å². The lowest BCUT2D eigenvalue weighted by Gasteiger charge is -2.06. The summed E-state index contributed by atoms with van der Waals surface area (Å²) in [5.41, 5.74) is -0.188. The van der Waals surface area contributed by atoms with Gasteiger partial charge in [0.1, 0.15) is 5.69 Å². The molecule has 10 heteroatoms. The quantitative estimate of drug-likeness (QED) is 0.672. The molecule has 0 bridgehead atoms. The summed E-state index contributed by atoms with van der Waals surface area (Å²) in [6.45, 7) is 1.95. The van der Waals surface area contributed by atoms with E-state index in [-0.39, 0.29) is 17.3 Å². The van der Waals surface area contributed by atoms with E-state index in [0.29, 0.717) is 15.8 Å². The van der Waals surface area contributed by atoms with Crippen LogP contribution in [0.1, 0.15) is 33.3 Å². The largest absolute Gasteiger partial charge is 0.462 e. The third kappa shape index (κ3) is 4.22. The molecule has 1 amide bonds. The van der Waals surface area contributed by atoms with Gasteiger partial charge < -0.3 is 4.74 Å². The third-order valence-corrected chi connectivity index (χ3v) is 4.37. The summed E-state index contributed by atoms with van der Waals surface area (Å²) >= 11 is 1.13. The number of nitrogens with zero attached hydrogens (tertiary/aromatic N) is 2. The predicted molar refractivity (Wildman–Crippen MR) is 92.8 cm³/mol. The number of carbonyl (C=O) groups excluding carboxylic acids is 2. The summed E-state index contributed by atoms with van der Waals surface area (Å²) in [6, 6.07) is 6.55. The Balaban J connectivity index is 1.77. The molecule has 6 nitrogen and oxygen atoms in total. The monoisotopic (exact) mass is 395 g/mol. The van der Waals surface area contributed by atoms with Crippen LogP contribution < -0.4 is 5.32 Å². The molecule has 0 unspecified atom stereocenters. The zero-order chi connectivity index (χ0) is 19.6. The highest BCUT2D eigenvalue weighted by Gasteiger charge is 2.32. The van der Waals surface area contributed by atoms with Crippen LogP contribution in [0.25, 0.3) is 10.2 Å². The third-order valence-electron chi connectivity index (χ3n) is 3.44. The number of thiazole rings is 1. The Labute approximate surface area is 155 Å². The molecule has 1 N–H and O–H groups in total. The second-order valence-corrected chi connectivity index (χ2v) is 6.34. The maximum Gasteiger partial charge on any atom is 0.433 e. The molecule has 3 aromatic rings. The first-order chi connectivity index (χ1) is 12.8. The number of esters is 1. The van der Waals surface area contributed by atoms with E-state index in [9.17, 15) is 22.8 Å². The Morgan fingerprint density at radius 1 is 1.19 bits per heavy atom. The summed E-state index contributed by atoms with van der Waals surface area (Å²) in [5.74, 6) is -1.10. The van der Waals surface area contributed by atoms with Crippen LogP contribution in [0.15, 0.2) is 36.5 Å². The second kappa shape index (κ2) is 7.31. The van der Waals surface area contributed by atoms with E-state index in [1.54, 1.807) is 25.1 Å². The number of hydrogen-bond donors (Lipinski definition) is 1. The van der Waals surface area contributed by atoms with E-state index in [4.69, 9.17) is 4.74 Å². The molecule has 0 saturated heterocycles. The number of amides is 1. The lowest BCUT2D eigenvalue weighted by atomic mass is 10.2. The molecular weight excluding hydrogens is 383 g/mol. The highest BCUT2D eigenvalue weighted by Crippen LogP contribution is 2.29. The standard InChI is InChI=1S/C17H12F3N3O3S/c1-2-26-15(25)9-3-5-11-12(7-9)27-16(22-11)23-14(24)10-4-6-13(21-8-10)17(18,19)20/h3-8H,2H2,1H3,(H,22,23,24). The van der Waals surface area contributed by atoms with Gasteiger partial charge >= 0.3 is 12.1 Å². The summed E-state index contributed by atoms with van der Waals surface area (Å²) in [4.78, 5) is 31.4. The van der Waals surface area contributed by atoms with Crippen LogP contribution in [0.5, 0.6) is 0 Å². The molecule has 27 heavy (non-hydrogen) atoms. The molecule has 0 radical (unpaired) electrons. The number of aromatic nitrogens is 2. The predicted octanol–water partition coefficient (Wildman–Crippen LogP) is 4.14. The van der Waals surface area contributed by atoms with E-state index in [1.807, 2.05) is 0 Å². The summed E-state index contributed by atoms with van der Waals surface area (Å²) < 4.78 is 43.1. The first-order valence-corrected chi connectivity index (χ1v) is 8.52. The maximum absolute atomic E-state index is 12.5. The molecule has 2 heterocycles. The van der Waals surface area contributed by atoms with Gasteiger partial charge in [0.05, 0.1) is 28.0 Å². The Morgan fingerprint density at radius 2 is 1.93 bits per heavy atom. The smallest absolute Gasteiger partial charge is 0.433 e. The van der Waals surface area contributed by atoms with Crippen LogP contribution >= 0.6 is 11.3 Å². The van der Waals surface area contributed by atoms with Crippen molar-refractivity contribution in [1.29, 1.82) is 0 Å². The van der Waals surface area contributed by atoms with Gasteiger partial charge in [-0.1, -0.05) is 11.3 Å². The number of anilines is 1. The lowest BCUT2D eigenvalue weighted by molar-refractivity contribution is -0.141. The Kier molecular flexibility index (Phi) is 5.08. The molecule has 140 valence electrons. The minimum atomic E-state index is -4.57. The topological polar surface area (TPSA) is 81.2 Å². The minimum absolute atomic E-state index is 0.0329. The fraction of sp³-hybridized carbons (Fsp3) is 0.176. The van der Waals surface area contributed by atoms with Crippen molar-refractivity contribution >= 4 is 38.6 Å². The van der Waals surface area contributed by atoms with Crippen molar-refractivity contribution in [1.82, 2.24) is 9.97 Å². The zero-order valence-corrected chi connectivity index (χ0v) is 14.6. The van der Waals surface area contributed by atoms with Crippen LogP contribution in [0, 0.1) is 0 Å². The van der Waals surface area contributed by atoms with Gasteiger partial charge in [0.2, 0.25) is 0 Å². The van der Waals surface area contributed by atoms with E-state index in [2.05, 4.69) is 15.3 Å². The molecule has 3 rings (SSSR count). The number of halogens is 3. The minimum Gasteiger partial charge on any atom is -0.462 e. The highest BCUT2D eigenvalue weighted by molar-refractivity contribution is 7.22. The molecule has 0 atom stereocenters. The molecule has 0 fully saturated rings. The van der Waals surface area contributed by atoms with Gasteiger partial charge in [-0.3, -0.25) is 15.1 Å². The van der Waals surface area contributed by atoms with Crippen molar-refractivity contribution in [2.24, 2.45) is 0 Å². The molecule has 0 aliphatic rings. The van der Waals surface area contributed by atoms with Gasteiger partial charge in [0, 0.05) is 6.20 Å². The molecule has 0 spiro atoms. The number of pyridine rings is 1. The SMILES string of the molecule is CCOC(=O)c1ccc2nc(NC(=O)c3ccc(C(F)(F)F)nc3)sc2c1. The van der Waals surface area contributed by atoms with Crippen molar-refractivity contribution in [3.63, 3.8) is 0 Å². The van der Waals surface area contributed by atoms with E-state index < -0.39 is 23.7 Å². The molecule has 0 aliphatic carbocycles. The average Bonchev–Trinajstić information content (AvgIpc) is 3.02. The van der Waals surface area contributed by atoms with Crippen LogP contribution in [0.3, 0.4) is 0 Å². The van der Waals surface area contributed by atoms with E-state index in [0.717, 1.165) is 29.7 Å². The van der Waals surface area contributed by atoms with Gasteiger partial charge in [-0.15, -0.1) is 0 Å². The molecule has 2 aromatic heterocycles. The summed E-state index contributed by atoms with van der Waals surface area (Å²) in [7, 11) is 0. The number of ether oxygens (including phenoxy) is 1. The number of hydrogen-bond acceptors (Lipinski definition) is 6. The van der Waals surface area contributed by atoms with Crippen molar-refractivity contribution in [2.75, 3.05) is 11.9 Å². The van der Waals surface area contributed by atoms with Crippen molar-refractivity contribution in [3.8, 4) is 0 Å². The number of benzene rings is 1. The van der Waals surface area contributed by atoms with E-state index >= 15 is 0 Å². The fourth-order valence-corrected chi connectivity index (χ4v) is 3.08. The number of nitrogens with one attached hydrogen (secondary N) is 1. The Morgan fingerprint density at radius 3 is 2.56 bits per heavy atom.